The number of rotatable bonds is 4. The predicted octanol–water partition coefficient (Wildman–Crippen LogP) is 2.37. The summed E-state index contributed by atoms with van der Waals surface area (Å²) in [5.41, 5.74) is 2.88. The summed E-state index contributed by atoms with van der Waals surface area (Å²) < 4.78 is 0. The molecule has 6 nitrogen and oxygen atoms in total. The van der Waals surface area contributed by atoms with Crippen LogP contribution in [0.25, 0.3) is 11.4 Å². The van der Waals surface area contributed by atoms with Crippen LogP contribution in [0.15, 0.2) is 35.1 Å². The molecule has 0 radical (unpaired) electrons. The van der Waals surface area contributed by atoms with Crippen LogP contribution in [0.1, 0.15) is 42.9 Å². The van der Waals surface area contributed by atoms with Crippen LogP contribution in [0.2, 0.25) is 0 Å². The molecule has 1 saturated carbocycles. The molecule has 1 aromatic carbocycles. The monoisotopic (exact) mass is 366 g/mol. The summed E-state index contributed by atoms with van der Waals surface area (Å²) in [6, 6.07) is 9.75. The second kappa shape index (κ2) is 7.64. The molecule has 4 rings (SSSR count). The number of carbonyl (C=O) groups is 1. The smallest absolute Gasteiger partial charge is 0.251 e. The van der Waals surface area contributed by atoms with E-state index in [0.717, 1.165) is 49.3 Å². The lowest BCUT2D eigenvalue weighted by atomic mass is 10.0. The number of aromatic amines is 1. The number of carbonyl (C=O) groups excluding carboxylic acids is 1. The van der Waals surface area contributed by atoms with Gasteiger partial charge in [-0.2, -0.15) is 0 Å². The fourth-order valence-corrected chi connectivity index (χ4v) is 4.06. The van der Waals surface area contributed by atoms with Crippen LogP contribution >= 0.6 is 0 Å². The summed E-state index contributed by atoms with van der Waals surface area (Å²) in [4.78, 5) is 35.7. The summed E-state index contributed by atoms with van der Waals surface area (Å²) in [6.07, 6.45) is 4.67. The minimum absolute atomic E-state index is 0.0861. The number of likely N-dealkylation sites (N-methyl/N-ethyl adjacent to an activating group) is 1. The standard InChI is InChI=1S/C21H26N4O2/c1-24-9-10-25(14-20(24)27)13-15-5-4-8-17(11-15)21-22-18(12-19(26)23-21)16-6-2-3-7-16/h4-5,8,11-12,16H,2-3,6-7,9-10,13-14H2,1H3,(H,22,23,26). The van der Waals surface area contributed by atoms with Gasteiger partial charge in [0, 0.05) is 44.2 Å². The van der Waals surface area contributed by atoms with E-state index in [2.05, 4.69) is 22.0 Å². The van der Waals surface area contributed by atoms with Gasteiger partial charge < -0.3 is 9.88 Å². The van der Waals surface area contributed by atoms with E-state index in [-0.39, 0.29) is 11.5 Å². The van der Waals surface area contributed by atoms with Crippen molar-refractivity contribution in [3.05, 3.63) is 51.9 Å². The average molecular weight is 366 g/mol. The number of H-pyrrole nitrogens is 1. The Bertz CT molecular complexity index is 886. The van der Waals surface area contributed by atoms with Crippen LogP contribution in [0, 0.1) is 0 Å². The first-order valence-electron chi connectivity index (χ1n) is 9.75. The van der Waals surface area contributed by atoms with Crippen molar-refractivity contribution >= 4 is 5.91 Å². The van der Waals surface area contributed by atoms with Crippen molar-refractivity contribution < 1.29 is 4.79 Å². The van der Waals surface area contributed by atoms with Gasteiger partial charge in [-0.25, -0.2) is 4.98 Å². The van der Waals surface area contributed by atoms with Gasteiger partial charge in [-0.3, -0.25) is 14.5 Å². The number of benzene rings is 1. The normalized spacial score (nSPS) is 19.0. The first kappa shape index (κ1) is 17.9. The molecule has 1 N–H and O–H groups in total. The highest BCUT2D eigenvalue weighted by atomic mass is 16.2. The van der Waals surface area contributed by atoms with Crippen molar-refractivity contribution in [3.8, 4) is 11.4 Å². The lowest BCUT2D eigenvalue weighted by Gasteiger charge is -2.31. The molecule has 2 aliphatic rings. The zero-order chi connectivity index (χ0) is 18.8. The van der Waals surface area contributed by atoms with Crippen molar-refractivity contribution in [1.29, 1.82) is 0 Å². The molecular formula is C21H26N4O2. The van der Waals surface area contributed by atoms with Crippen molar-refractivity contribution in [3.63, 3.8) is 0 Å². The van der Waals surface area contributed by atoms with Crippen LogP contribution in [0.3, 0.4) is 0 Å². The van der Waals surface area contributed by atoms with E-state index in [9.17, 15) is 9.59 Å². The SMILES string of the molecule is CN1CCN(Cc2cccc(-c3nc(C4CCCC4)cc(=O)[nH]3)c2)CC1=O. The van der Waals surface area contributed by atoms with Gasteiger partial charge in [-0.1, -0.05) is 31.0 Å². The van der Waals surface area contributed by atoms with Crippen LogP contribution in [0.5, 0.6) is 0 Å². The van der Waals surface area contributed by atoms with Gasteiger partial charge in [0.1, 0.15) is 5.82 Å². The van der Waals surface area contributed by atoms with E-state index in [1.54, 1.807) is 11.0 Å². The van der Waals surface area contributed by atoms with Crippen LogP contribution < -0.4 is 5.56 Å². The Morgan fingerprint density at radius 2 is 1.96 bits per heavy atom. The van der Waals surface area contributed by atoms with Crippen molar-refractivity contribution in [1.82, 2.24) is 19.8 Å². The maximum atomic E-state index is 12.2. The number of amides is 1. The van der Waals surface area contributed by atoms with E-state index in [1.807, 2.05) is 19.2 Å². The molecule has 6 heteroatoms. The van der Waals surface area contributed by atoms with Gasteiger partial charge in [0.2, 0.25) is 5.91 Å². The number of piperazine rings is 1. The molecule has 27 heavy (non-hydrogen) atoms. The Labute approximate surface area is 159 Å². The second-order valence-electron chi connectivity index (χ2n) is 7.73. The highest BCUT2D eigenvalue weighted by Crippen LogP contribution is 2.33. The molecule has 0 spiro atoms. The molecule has 1 saturated heterocycles. The molecule has 0 bridgehead atoms. The van der Waals surface area contributed by atoms with Gasteiger partial charge in [0.05, 0.1) is 12.2 Å². The van der Waals surface area contributed by atoms with Gasteiger partial charge in [-0.05, 0) is 24.5 Å². The first-order chi connectivity index (χ1) is 13.1. The Balaban J connectivity index is 1.55. The highest BCUT2D eigenvalue weighted by Gasteiger charge is 2.22. The van der Waals surface area contributed by atoms with Gasteiger partial charge >= 0.3 is 0 Å². The minimum Gasteiger partial charge on any atom is -0.343 e. The summed E-state index contributed by atoms with van der Waals surface area (Å²) in [5.74, 6) is 1.21. The Kier molecular flexibility index (Phi) is 5.07. The maximum Gasteiger partial charge on any atom is 0.251 e. The molecule has 1 aliphatic carbocycles. The third-order valence-electron chi connectivity index (χ3n) is 5.68. The molecular weight excluding hydrogens is 340 g/mol. The van der Waals surface area contributed by atoms with Crippen LogP contribution in [-0.2, 0) is 11.3 Å². The number of aromatic nitrogens is 2. The number of hydrogen-bond donors (Lipinski definition) is 1. The Morgan fingerprint density at radius 1 is 1.15 bits per heavy atom. The number of nitrogens with one attached hydrogen (secondary N) is 1. The summed E-state index contributed by atoms with van der Waals surface area (Å²) in [5, 5.41) is 0. The lowest BCUT2D eigenvalue weighted by molar-refractivity contribution is -0.134. The lowest BCUT2D eigenvalue weighted by Crippen LogP contribution is -2.47. The molecule has 2 aromatic rings. The average Bonchev–Trinajstić information content (AvgIpc) is 3.19. The summed E-state index contributed by atoms with van der Waals surface area (Å²) in [7, 11) is 1.85. The molecule has 1 aliphatic heterocycles. The third kappa shape index (κ3) is 4.11. The maximum absolute atomic E-state index is 12.2. The zero-order valence-electron chi connectivity index (χ0n) is 15.8. The van der Waals surface area contributed by atoms with Gasteiger partial charge in [-0.15, -0.1) is 0 Å². The number of hydrogen-bond acceptors (Lipinski definition) is 4. The molecule has 1 aromatic heterocycles. The Morgan fingerprint density at radius 3 is 2.74 bits per heavy atom. The van der Waals surface area contributed by atoms with E-state index < -0.39 is 0 Å². The topological polar surface area (TPSA) is 69.3 Å². The van der Waals surface area contributed by atoms with E-state index in [0.29, 0.717) is 18.3 Å². The minimum atomic E-state index is -0.0861. The van der Waals surface area contributed by atoms with E-state index in [1.165, 1.54) is 12.8 Å². The second-order valence-corrected chi connectivity index (χ2v) is 7.73. The quantitative estimate of drug-likeness (QED) is 0.902. The number of nitrogens with zero attached hydrogens (tertiary/aromatic N) is 3. The first-order valence-corrected chi connectivity index (χ1v) is 9.75. The van der Waals surface area contributed by atoms with Crippen molar-refractivity contribution in [2.45, 2.75) is 38.1 Å². The summed E-state index contributed by atoms with van der Waals surface area (Å²) in [6.45, 7) is 2.81. The van der Waals surface area contributed by atoms with Crippen molar-refractivity contribution in [2.75, 3.05) is 26.7 Å². The van der Waals surface area contributed by atoms with Gasteiger partial charge in [0.15, 0.2) is 0 Å². The fraction of sp³-hybridized carbons (Fsp3) is 0.476. The molecule has 1 amide bonds. The van der Waals surface area contributed by atoms with E-state index >= 15 is 0 Å². The molecule has 142 valence electrons. The molecule has 0 unspecified atom stereocenters. The third-order valence-corrected chi connectivity index (χ3v) is 5.68. The van der Waals surface area contributed by atoms with Crippen molar-refractivity contribution in [2.24, 2.45) is 0 Å². The highest BCUT2D eigenvalue weighted by molar-refractivity contribution is 5.78. The predicted molar refractivity (Wildman–Crippen MR) is 104 cm³/mol. The molecule has 2 heterocycles. The van der Waals surface area contributed by atoms with Crippen LogP contribution in [0.4, 0.5) is 0 Å². The molecule has 0 atom stereocenters. The fourth-order valence-electron chi connectivity index (χ4n) is 4.06. The molecule has 2 fully saturated rings. The van der Waals surface area contributed by atoms with E-state index in [4.69, 9.17) is 4.98 Å². The Hall–Kier alpha value is -2.47. The largest absolute Gasteiger partial charge is 0.343 e. The zero-order valence-corrected chi connectivity index (χ0v) is 15.8. The van der Waals surface area contributed by atoms with Gasteiger partial charge in [0.25, 0.3) is 5.56 Å². The van der Waals surface area contributed by atoms with Crippen LogP contribution in [-0.4, -0.2) is 52.4 Å². The summed E-state index contributed by atoms with van der Waals surface area (Å²) >= 11 is 0.